The predicted molar refractivity (Wildman–Crippen MR) is 91.4 cm³/mol. The molecule has 3 heteroatoms. The van der Waals surface area contributed by atoms with Crippen LogP contribution in [0.5, 0.6) is 0 Å². The maximum atomic E-state index is 5.80. The molecule has 2 aromatic rings. The zero-order chi connectivity index (χ0) is 14.9. The van der Waals surface area contributed by atoms with Crippen molar-refractivity contribution in [3.05, 3.63) is 57.3 Å². The Balaban J connectivity index is 1.39. The van der Waals surface area contributed by atoms with Gasteiger partial charge in [-0.15, -0.1) is 11.3 Å². The molecular weight excluding hydrogens is 290 g/mol. The Morgan fingerprint density at radius 3 is 2.59 bits per heavy atom. The molecule has 0 N–H and O–H groups in total. The Hall–Kier alpha value is -1.16. The first-order chi connectivity index (χ1) is 10.8. The summed E-state index contributed by atoms with van der Waals surface area (Å²) in [4.78, 5) is 5.39. The van der Waals surface area contributed by atoms with Crippen molar-refractivity contribution >= 4 is 11.3 Å². The van der Waals surface area contributed by atoms with E-state index in [0.29, 0.717) is 12.1 Å². The number of ether oxygens (including phenoxy) is 1. The minimum absolute atomic E-state index is 0.361. The van der Waals surface area contributed by atoms with Crippen LogP contribution in [0.3, 0.4) is 0 Å². The summed E-state index contributed by atoms with van der Waals surface area (Å²) in [6, 6.07) is 14.1. The minimum Gasteiger partial charge on any atom is -0.373 e. The molecule has 0 spiro atoms. The summed E-state index contributed by atoms with van der Waals surface area (Å²) in [6.07, 6.45) is 5.14. The molecule has 1 fully saturated rings. The lowest BCUT2D eigenvalue weighted by Gasteiger charge is -2.23. The zero-order valence-electron chi connectivity index (χ0n) is 13.1. The molecule has 2 aliphatic rings. The van der Waals surface area contributed by atoms with Crippen molar-refractivity contribution in [2.45, 2.75) is 44.4 Å². The quantitative estimate of drug-likeness (QED) is 0.839. The normalized spacial score (nSPS) is 21.6. The van der Waals surface area contributed by atoms with Crippen molar-refractivity contribution in [1.29, 1.82) is 0 Å². The molecule has 0 saturated carbocycles. The van der Waals surface area contributed by atoms with Crippen molar-refractivity contribution in [2.75, 3.05) is 13.7 Å². The first-order valence-electron chi connectivity index (χ1n) is 8.27. The number of fused-ring (bicyclic) bond motifs is 1. The number of benzene rings is 1. The van der Waals surface area contributed by atoms with Crippen LogP contribution in [0.4, 0.5) is 0 Å². The van der Waals surface area contributed by atoms with Gasteiger partial charge in [0.05, 0.1) is 6.10 Å². The Morgan fingerprint density at radius 2 is 1.91 bits per heavy atom. The third-order valence-corrected chi connectivity index (χ3v) is 6.15. The summed E-state index contributed by atoms with van der Waals surface area (Å²) in [7, 11) is 2.27. The van der Waals surface area contributed by atoms with E-state index in [1.807, 2.05) is 11.3 Å². The van der Waals surface area contributed by atoms with Gasteiger partial charge in [0.1, 0.15) is 0 Å². The first kappa shape index (κ1) is 14.4. The molecule has 1 saturated heterocycles. The highest BCUT2D eigenvalue weighted by atomic mass is 32.1. The standard InChI is InChI=1S/C19H23NOS/c1-20(16-11-14-5-2-3-6-15(14)12-16)13-17-8-9-19(22-17)18-7-4-10-21-18/h2-3,5-6,8-9,16,18H,4,7,10-13H2,1H3/t18-/m1/s1. The zero-order valence-corrected chi connectivity index (χ0v) is 13.9. The number of thiophene rings is 1. The van der Waals surface area contributed by atoms with Gasteiger partial charge in [-0.2, -0.15) is 0 Å². The van der Waals surface area contributed by atoms with Crippen LogP contribution in [-0.2, 0) is 24.1 Å². The van der Waals surface area contributed by atoms with Crippen LogP contribution in [0.2, 0.25) is 0 Å². The maximum absolute atomic E-state index is 5.80. The second-order valence-corrected chi connectivity index (χ2v) is 7.75. The number of hydrogen-bond acceptors (Lipinski definition) is 3. The van der Waals surface area contributed by atoms with Crippen molar-refractivity contribution in [2.24, 2.45) is 0 Å². The smallest absolute Gasteiger partial charge is 0.0917 e. The van der Waals surface area contributed by atoms with E-state index in [1.165, 1.54) is 46.6 Å². The fraction of sp³-hybridized carbons (Fsp3) is 0.474. The van der Waals surface area contributed by atoms with Crippen LogP contribution < -0.4 is 0 Å². The average Bonchev–Trinajstić information content (AvgIpc) is 3.26. The number of nitrogens with zero attached hydrogens (tertiary/aromatic N) is 1. The Bertz CT molecular complexity index is 619. The molecule has 0 amide bonds. The highest BCUT2D eigenvalue weighted by molar-refractivity contribution is 7.12. The van der Waals surface area contributed by atoms with Gasteiger partial charge in [-0.1, -0.05) is 24.3 Å². The largest absolute Gasteiger partial charge is 0.373 e. The van der Waals surface area contributed by atoms with Gasteiger partial charge < -0.3 is 4.74 Å². The molecule has 0 bridgehead atoms. The van der Waals surface area contributed by atoms with E-state index in [0.717, 1.165) is 13.2 Å². The molecule has 1 aliphatic carbocycles. The monoisotopic (exact) mass is 313 g/mol. The van der Waals surface area contributed by atoms with Gasteiger partial charge in [0.2, 0.25) is 0 Å². The molecule has 1 atom stereocenters. The fourth-order valence-electron chi connectivity index (χ4n) is 3.68. The Morgan fingerprint density at radius 1 is 1.14 bits per heavy atom. The highest BCUT2D eigenvalue weighted by Crippen LogP contribution is 2.34. The van der Waals surface area contributed by atoms with Gasteiger partial charge in [0, 0.05) is 28.9 Å². The summed E-state index contributed by atoms with van der Waals surface area (Å²) >= 11 is 1.93. The Labute approximate surface area is 136 Å². The molecule has 2 nitrogen and oxygen atoms in total. The van der Waals surface area contributed by atoms with Crippen molar-refractivity contribution in [3.63, 3.8) is 0 Å². The minimum atomic E-state index is 0.361. The Kier molecular flexibility index (Phi) is 4.03. The highest BCUT2D eigenvalue weighted by Gasteiger charge is 2.25. The first-order valence-corrected chi connectivity index (χ1v) is 9.08. The van der Waals surface area contributed by atoms with Gasteiger partial charge >= 0.3 is 0 Å². The molecule has 1 aromatic carbocycles. The predicted octanol–water partition coefficient (Wildman–Crippen LogP) is 4.20. The summed E-state index contributed by atoms with van der Waals surface area (Å²) in [5.41, 5.74) is 3.07. The fourth-order valence-corrected chi connectivity index (χ4v) is 4.84. The van der Waals surface area contributed by atoms with Gasteiger partial charge in [0.15, 0.2) is 0 Å². The van der Waals surface area contributed by atoms with E-state index in [2.05, 4.69) is 48.3 Å². The molecule has 0 unspecified atom stereocenters. The van der Waals surface area contributed by atoms with Crippen molar-refractivity contribution < 1.29 is 4.74 Å². The molecule has 4 rings (SSSR count). The van der Waals surface area contributed by atoms with E-state index in [9.17, 15) is 0 Å². The lowest BCUT2D eigenvalue weighted by atomic mass is 10.1. The molecule has 2 heterocycles. The second kappa shape index (κ2) is 6.15. The second-order valence-electron chi connectivity index (χ2n) is 6.55. The van der Waals surface area contributed by atoms with E-state index >= 15 is 0 Å². The van der Waals surface area contributed by atoms with Crippen LogP contribution in [0.1, 0.15) is 39.8 Å². The summed E-state index contributed by atoms with van der Waals surface area (Å²) in [6.45, 7) is 1.98. The molecule has 116 valence electrons. The number of likely N-dealkylation sites (N-methyl/N-ethyl adjacent to an activating group) is 1. The van der Waals surface area contributed by atoms with E-state index in [-0.39, 0.29) is 0 Å². The third-order valence-electron chi connectivity index (χ3n) is 4.99. The van der Waals surface area contributed by atoms with E-state index < -0.39 is 0 Å². The van der Waals surface area contributed by atoms with E-state index in [4.69, 9.17) is 4.74 Å². The third kappa shape index (κ3) is 2.85. The lowest BCUT2D eigenvalue weighted by Crippen LogP contribution is -2.31. The SMILES string of the molecule is CN(Cc1ccc([C@H]2CCCO2)s1)C1Cc2ccccc2C1. The molecule has 1 aromatic heterocycles. The van der Waals surface area contributed by atoms with Crippen LogP contribution in [0.25, 0.3) is 0 Å². The van der Waals surface area contributed by atoms with Crippen molar-refractivity contribution in [3.8, 4) is 0 Å². The maximum Gasteiger partial charge on any atom is 0.0917 e. The number of hydrogen-bond donors (Lipinski definition) is 0. The van der Waals surface area contributed by atoms with Crippen LogP contribution in [-0.4, -0.2) is 24.6 Å². The van der Waals surface area contributed by atoms with Gasteiger partial charge in [-0.3, -0.25) is 4.90 Å². The molecule has 22 heavy (non-hydrogen) atoms. The number of rotatable bonds is 4. The molecule has 1 aliphatic heterocycles. The van der Waals surface area contributed by atoms with Crippen molar-refractivity contribution in [1.82, 2.24) is 4.90 Å². The van der Waals surface area contributed by atoms with Crippen LogP contribution >= 0.6 is 11.3 Å². The summed E-state index contributed by atoms with van der Waals surface area (Å²) in [5, 5.41) is 0. The van der Waals surface area contributed by atoms with Crippen LogP contribution in [0.15, 0.2) is 36.4 Å². The lowest BCUT2D eigenvalue weighted by molar-refractivity contribution is 0.114. The topological polar surface area (TPSA) is 12.5 Å². The van der Waals surface area contributed by atoms with Gasteiger partial charge in [-0.05, 0) is 56.0 Å². The van der Waals surface area contributed by atoms with Gasteiger partial charge in [-0.25, -0.2) is 0 Å². The summed E-state index contributed by atoms with van der Waals surface area (Å²) in [5.74, 6) is 0. The average molecular weight is 313 g/mol. The van der Waals surface area contributed by atoms with Crippen LogP contribution in [0, 0.1) is 0 Å². The van der Waals surface area contributed by atoms with Gasteiger partial charge in [0.25, 0.3) is 0 Å². The molecule has 0 radical (unpaired) electrons. The molecular formula is C19H23NOS. The van der Waals surface area contributed by atoms with E-state index in [1.54, 1.807) is 0 Å². The summed E-state index contributed by atoms with van der Waals surface area (Å²) < 4.78 is 5.80.